The molecule has 0 fully saturated rings. The van der Waals surface area contributed by atoms with E-state index in [1.165, 1.54) is 11.8 Å². The molecule has 0 aromatic carbocycles. The molecule has 16 heavy (non-hydrogen) atoms. The Morgan fingerprint density at radius 1 is 1.56 bits per heavy atom. The molecule has 0 aliphatic carbocycles. The molecule has 0 saturated carbocycles. The Balaban J connectivity index is 2.72. The maximum atomic E-state index is 11.7. The molecule has 1 heterocycles. The van der Waals surface area contributed by atoms with Gasteiger partial charge in [0.25, 0.3) is 0 Å². The molecular weight excluding hydrogens is 228 g/mol. The normalized spacial score (nSPS) is 12.8. The molecular formula is C9H16N4O2S. The lowest BCUT2D eigenvalue weighted by Gasteiger charge is -2.17. The van der Waals surface area contributed by atoms with Crippen LogP contribution in [0.3, 0.4) is 0 Å². The van der Waals surface area contributed by atoms with E-state index >= 15 is 0 Å². The predicted molar refractivity (Wildman–Crippen MR) is 59.9 cm³/mol. The molecule has 0 amide bonds. The molecule has 1 rings (SSSR count). The Morgan fingerprint density at radius 2 is 2.25 bits per heavy atom. The molecule has 0 radical (unpaired) electrons. The number of tetrazole rings is 1. The average molecular weight is 244 g/mol. The summed E-state index contributed by atoms with van der Waals surface area (Å²) in [7, 11) is 1.74. The number of aryl methyl sites for hydroxylation is 1. The smallest absolute Gasteiger partial charge is 0.319 e. The van der Waals surface area contributed by atoms with Gasteiger partial charge in [-0.3, -0.25) is 4.79 Å². The van der Waals surface area contributed by atoms with E-state index in [4.69, 9.17) is 4.74 Å². The number of hydrogen-bond acceptors (Lipinski definition) is 6. The van der Waals surface area contributed by atoms with Crippen molar-refractivity contribution in [1.82, 2.24) is 20.2 Å². The van der Waals surface area contributed by atoms with Crippen molar-refractivity contribution in [1.29, 1.82) is 0 Å². The van der Waals surface area contributed by atoms with Crippen molar-refractivity contribution in [3.63, 3.8) is 0 Å². The Bertz CT molecular complexity index is 353. The van der Waals surface area contributed by atoms with Gasteiger partial charge in [0.1, 0.15) is 5.25 Å². The van der Waals surface area contributed by atoms with E-state index < -0.39 is 0 Å². The van der Waals surface area contributed by atoms with Crippen LogP contribution in [-0.2, 0) is 16.6 Å². The SMILES string of the molecule is CCOC(=O)C(Sc1nnnn1C)C(C)C. The Morgan fingerprint density at radius 3 is 2.69 bits per heavy atom. The topological polar surface area (TPSA) is 69.9 Å². The van der Waals surface area contributed by atoms with Crippen molar-refractivity contribution in [3.8, 4) is 0 Å². The summed E-state index contributed by atoms with van der Waals surface area (Å²) >= 11 is 1.33. The van der Waals surface area contributed by atoms with Gasteiger partial charge in [-0.05, 0) is 23.3 Å². The van der Waals surface area contributed by atoms with E-state index in [1.807, 2.05) is 13.8 Å². The Labute approximate surface area is 98.7 Å². The lowest BCUT2D eigenvalue weighted by atomic mass is 10.1. The lowest BCUT2D eigenvalue weighted by molar-refractivity contribution is -0.143. The number of carbonyl (C=O) groups is 1. The highest BCUT2D eigenvalue weighted by atomic mass is 32.2. The molecule has 6 nitrogen and oxygen atoms in total. The fourth-order valence-corrected chi connectivity index (χ4v) is 2.05. The molecule has 90 valence electrons. The van der Waals surface area contributed by atoms with Crippen LogP contribution in [0.5, 0.6) is 0 Å². The van der Waals surface area contributed by atoms with Gasteiger partial charge in [0.15, 0.2) is 0 Å². The third-order valence-corrected chi connectivity index (χ3v) is 3.49. The summed E-state index contributed by atoms with van der Waals surface area (Å²) in [4.78, 5) is 11.7. The minimum Gasteiger partial charge on any atom is -0.465 e. The zero-order valence-electron chi connectivity index (χ0n) is 9.88. The molecule has 1 unspecified atom stereocenters. The summed E-state index contributed by atoms with van der Waals surface area (Å²) in [5, 5.41) is 11.4. The van der Waals surface area contributed by atoms with E-state index in [-0.39, 0.29) is 17.1 Å². The molecule has 0 spiro atoms. The minimum atomic E-state index is -0.273. The van der Waals surface area contributed by atoms with Crippen LogP contribution in [0.15, 0.2) is 5.16 Å². The fourth-order valence-electron chi connectivity index (χ4n) is 1.12. The highest BCUT2D eigenvalue weighted by molar-refractivity contribution is 8.00. The van der Waals surface area contributed by atoms with Gasteiger partial charge in [-0.1, -0.05) is 25.6 Å². The van der Waals surface area contributed by atoms with Crippen molar-refractivity contribution < 1.29 is 9.53 Å². The number of thioether (sulfide) groups is 1. The van der Waals surface area contributed by atoms with Crippen LogP contribution >= 0.6 is 11.8 Å². The second kappa shape index (κ2) is 5.83. The van der Waals surface area contributed by atoms with E-state index in [0.717, 1.165) is 0 Å². The van der Waals surface area contributed by atoms with Crippen LogP contribution in [0.4, 0.5) is 0 Å². The minimum absolute atomic E-state index is 0.167. The summed E-state index contributed by atoms with van der Waals surface area (Å²) in [6.07, 6.45) is 0. The van der Waals surface area contributed by atoms with Gasteiger partial charge in [-0.25, -0.2) is 4.68 Å². The predicted octanol–water partition coefficient (Wildman–Crippen LogP) is 0.890. The van der Waals surface area contributed by atoms with Gasteiger partial charge in [-0.2, -0.15) is 0 Å². The number of esters is 1. The third kappa shape index (κ3) is 3.19. The van der Waals surface area contributed by atoms with Gasteiger partial charge in [0.05, 0.1) is 6.61 Å². The first kappa shape index (κ1) is 13.0. The Hall–Kier alpha value is -1.11. The van der Waals surface area contributed by atoms with Gasteiger partial charge in [0.2, 0.25) is 5.16 Å². The van der Waals surface area contributed by atoms with E-state index in [1.54, 1.807) is 18.7 Å². The van der Waals surface area contributed by atoms with E-state index in [2.05, 4.69) is 15.5 Å². The van der Waals surface area contributed by atoms with Crippen LogP contribution in [-0.4, -0.2) is 38.0 Å². The van der Waals surface area contributed by atoms with Crippen LogP contribution in [0, 0.1) is 5.92 Å². The molecule has 0 N–H and O–H groups in total. The fraction of sp³-hybridized carbons (Fsp3) is 0.778. The molecule has 0 bridgehead atoms. The highest BCUT2D eigenvalue weighted by Gasteiger charge is 2.26. The van der Waals surface area contributed by atoms with Crippen molar-refractivity contribution in [3.05, 3.63) is 0 Å². The number of hydrogen-bond donors (Lipinski definition) is 0. The first-order valence-corrected chi connectivity index (χ1v) is 5.99. The largest absolute Gasteiger partial charge is 0.465 e. The summed E-state index contributed by atoms with van der Waals surface area (Å²) in [5.74, 6) is -0.0498. The number of carbonyl (C=O) groups excluding carboxylic acids is 1. The lowest BCUT2D eigenvalue weighted by Crippen LogP contribution is -2.26. The molecule has 1 aromatic heterocycles. The second-order valence-corrected chi connectivity index (χ2v) is 4.73. The summed E-state index contributed by atoms with van der Waals surface area (Å²) < 4.78 is 6.56. The van der Waals surface area contributed by atoms with Crippen LogP contribution < -0.4 is 0 Å². The summed E-state index contributed by atoms with van der Waals surface area (Å²) in [5.41, 5.74) is 0. The first-order chi connectivity index (χ1) is 7.56. The molecule has 0 aliphatic rings. The zero-order chi connectivity index (χ0) is 12.1. The molecule has 0 saturated heterocycles. The molecule has 7 heteroatoms. The summed E-state index contributed by atoms with van der Waals surface area (Å²) in [6, 6.07) is 0. The number of rotatable bonds is 5. The van der Waals surface area contributed by atoms with Crippen LogP contribution in [0.1, 0.15) is 20.8 Å². The van der Waals surface area contributed by atoms with E-state index in [0.29, 0.717) is 11.8 Å². The average Bonchev–Trinajstić information content (AvgIpc) is 2.60. The van der Waals surface area contributed by atoms with Crippen molar-refractivity contribution in [2.75, 3.05) is 6.61 Å². The number of nitrogens with zero attached hydrogens (tertiary/aromatic N) is 4. The third-order valence-electron chi connectivity index (χ3n) is 1.94. The molecule has 1 atom stereocenters. The van der Waals surface area contributed by atoms with Gasteiger partial charge < -0.3 is 4.74 Å². The second-order valence-electron chi connectivity index (χ2n) is 3.62. The van der Waals surface area contributed by atoms with Gasteiger partial charge in [-0.15, -0.1) is 5.10 Å². The first-order valence-electron chi connectivity index (χ1n) is 5.11. The highest BCUT2D eigenvalue weighted by Crippen LogP contribution is 2.26. The van der Waals surface area contributed by atoms with Crippen molar-refractivity contribution in [2.24, 2.45) is 13.0 Å². The van der Waals surface area contributed by atoms with Crippen LogP contribution in [0.2, 0.25) is 0 Å². The number of aromatic nitrogens is 4. The summed E-state index contributed by atoms with van der Waals surface area (Å²) in [6.45, 7) is 6.13. The van der Waals surface area contributed by atoms with Crippen LogP contribution in [0.25, 0.3) is 0 Å². The zero-order valence-corrected chi connectivity index (χ0v) is 10.7. The van der Waals surface area contributed by atoms with Gasteiger partial charge >= 0.3 is 5.97 Å². The van der Waals surface area contributed by atoms with Gasteiger partial charge in [0, 0.05) is 7.05 Å². The maximum Gasteiger partial charge on any atom is 0.319 e. The Kier molecular flexibility index (Phi) is 4.72. The quantitative estimate of drug-likeness (QED) is 0.566. The number of ether oxygens (including phenoxy) is 1. The van der Waals surface area contributed by atoms with Crippen molar-refractivity contribution in [2.45, 2.75) is 31.2 Å². The molecule has 0 aliphatic heterocycles. The maximum absolute atomic E-state index is 11.7. The monoisotopic (exact) mass is 244 g/mol. The standard InChI is InChI=1S/C9H16N4O2S/c1-5-15-8(14)7(6(2)3)16-9-10-11-12-13(9)4/h6-7H,5H2,1-4H3. The molecule has 1 aromatic rings. The van der Waals surface area contributed by atoms with E-state index in [9.17, 15) is 4.79 Å². The van der Waals surface area contributed by atoms with Crippen molar-refractivity contribution >= 4 is 17.7 Å².